The molecule has 1 rings (SSSR count). The van der Waals surface area contributed by atoms with Gasteiger partial charge in [-0.05, 0) is 37.0 Å². The van der Waals surface area contributed by atoms with Crippen molar-refractivity contribution >= 4 is 17.6 Å². The van der Waals surface area contributed by atoms with Gasteiger partial charge in [-0.1, -0.05) is 24.1 Å². The third-order valence-electron chi connectivity index (χ3n) is 2.34. The fourth-order valence-electron chi connectivity index (χ4n) is 1.48. The number of carboxylic acid groups (broad SMARTS) is 1. The van der Waals surface area contributed by atoms with Crippen molar-refractivity contribution in [1.29, 1.82) is 0 Å². The summed E-state index contributed by atoms with van der Waals surface area (Å²) in [5.74, 6) is -1.17. The fourth-order valence-corrected chi connectivity index (χ4v) is 1.68. The minimum Gasteiger partial charge on any atom is -0.481 e. The Morgan fingerprint density at radius 2 is 2.06 bits per heavy atom. The zero-order chi connectivity index (χ0) is 12.0. The topological polar surface area (TPSA) is 37.3 Å². The van der Waals surface area contributed by atoms with E-state index in [1.807, 2.05) is 0 Å². The maximum Gasteiger partial charge on any atom is 0.303 e. The molecule has 1 aromatic rings. The van der Waals surface area contributed by atoms with Crippen molar-refractivity contribution in [2.75, 3.05) is 0 Å². The number of aryl methyl sites for hydroxylation is 1. The van der Waals surface area contributed by atoms with Crippen LogP contribution in [0.3, 0.4) is 0 Å². The van der Waals surface area contributed by atoms with E-state index in [0.717, 1.165) is 24.8 Å². The molecule has 1 N–H and O–H groups in total. The van der Waals surface area contributed by atoms with Gasteiger partial charge in [0.05, 0.1) is 5.02 Å². The van der Waals surface area contributed by atoms with Gasteiger partial charge in [-0.25, -0.2) is 4.39 Å². The summed E-state index contributed by atoms with van der Waals surface area (Å²) in [5, 5.41) is 8.58. The molecule has 0 saturated carbocycles. The standard InChI is InChI=1S/C12H14ClFO2/c13-10-8-9(6-7-11(10)14)4-2-1-3-5-12(15)16/h6-8H,1-5H2,(H,15,16). The smallest absolute Gasteiger partial charge is 0.303 e. The van der Waals surface area contributed by atoms with Gasteiger partial charge in [-0.3, -0.25) is 4.79 Å². The van der Waals surface area contributed by atoms with E-state index in [-0.39, 0.29) is 11.4 Å². The first-order valence-electron chi connectivity index (χ1n) is 5.25. The van der Waals surface area contributed by atoms with Crippen molar-refractivity contribution < 1.29 is 14.3 Å². The van der Waals surface area contributed by atoms with Crippen molar-refractivity contribution in [3.8, 4) is 0 Å². The number of carboxylic acids is 1. The Bertz CT molecular complexity index is 366. The number of hydrogen-bond donors (Lipinski definition) is 1. The van der Waals surface area contributed by atoms with E-state index in [1.165, 1.54) is 6.07 Å². The third-order valence-corrected chi connectivity index (χ3v) is 2.63. The van der Waals surface area contributed by atoms with Crippen LogP contribution in [0.1, 0.15) is 31.2 Å². The van der Waals surface area contributed by atoms with Gasteiger partial charge in [0.15, 0.2) is 0 Å². The molecule has 0 atom stereocenters. The molecule has 0 unspecified atom stereocenters. The van der Waals surface area contributed by atoms with E-state index in [1.54, 1.807) is 12.1 Å². The second-order valence-electron chi connectivity index (χ2n) is 3.70. The largest absolute Gasteiger partial charge is 0.481 e. The van der Waals surface area contributed by atoms with Crippen molar-refractivity contribution in [3.63, 3.8) is 0 Å². The average molecular weight is 245 g/mol. The maximum absolute atomic E-state index is 12.8. The molecule has 0 aliphatic rings. The van der Waals surface area contributed by atoms with Crippen LogP contribution in [-0.2, 0) is 11.2 Å². The highest BCUT2D eigenvalue weighted by Gasteiger charge is 2.01. The van der Waals surface area contributed by atoms with Crippen LogP contribution >= 0.6 is 11.6 Å². The van der Waals surface area contributed by atoms with E-state index in [9.17, 15) is 9.18 Å². The highest BCUT2D eigenvalue weighted by Crippen LogP contribution is 2.17. The molecule has 0 fully saturated rings. The second-order valence-corrected chi connectivity index (χ2v) is 4.11. The predicted molar refractivity (Wildman–Crippen MR) is 61.2 cm³/mol. The molecular formula is C12H14ClFO2. The monoisotopic (exact) mass is 244 g/mol. The van der Waals surface area contributed by atoms with Crippen LogP contribution in [0.15, 0.2) is 18.2 Å². The third kappa shape index (κ3) is 4.62. The molecule has 0 aliphatic heterocycles. The SMILES string of the molecule is O=C(O)CCCCCc1ccc(F)c(Cl)c1. The van der Waals surface area contributed by atoms with Crippen LogP contribution in [0, 0.1) is 5.82 Å². The van der Waals surface area contributed by atoms with E-state index in [0.29, 0.717) is 6.42 Å². The molecule has 4 heteroatoms. The van der Waals surface area contributed by atoms with Crippen molar-refractivity contribution in [1.82, 2.24) is 0 Å². The Morgan fingerprint density at radius 1 is 1.31 bits per heavy atom. The summed E-state index contributed by atoms with van der Waals surface area (Å²) in [5.41, 5.74) is 0.988. The van der Waals surface area contributed by atoms with Crippen molar-refractivity contribution in [2.24, 2.45) is 0 Å². The highest BCUT2D eigenvalue weighted by molar-refractivity contribution is 6.30. The summed E-state index contributed by atoms with van der Waals surface area (Å²) in [7, 11) is 0. The van der Waals surface area contributed by atoms with E-state index >= 15 is 0 Å². The number of unbranched alkanes of at least 4 members (excludes halogenated alkanes) is 2. The molecule has 0 aromatic heterocycles. The summed E-state index contributed by atoms with van der Waals surface area (Å²) in [6, 6.07) is 4.68. The molecule has 0 saturated heterocycles. The molecule has 0 heterocycles. The molecular weight excluding hydrogens is 231 g/mol. The first kappa shape index (κ1) is 13.0. The minimum absolute atomic E-state index is 0.142. The molecule has 16 heavy (non-hydrogen) atoms. The van der Waals surface area contributed by atoms with Gasteiger partial charge in [0, 0.05) is 6.42 Å². The molecule has 1 aromatic carbocycles. The van der Waals surface area contributed by atoms with Gasteiger partial charge in [-0.2, -0.15) is 0 Å². The van der Waals surface area contributed by atoms with Crippen LogP contribution in [0.25, 0.3) is 0 Å². The van der Waals surface area contributed by atoms with Crippen molar-refractivity contribution in [3.05, 3.63) is 34.6 Å². The predicted octanol–water partition coefficient (Wildman–Crippen LogP) is 3.67. The number of carbonyl (C=O) groups is 1. The van der Waals surface area contributed by atoms with E-state index < -0.39 is 11.8 Å². The molecule has 88 valence electrons. The van der Waals surface area contributed by atoms with Crippen LogP contribution in [0.5, 0.6) is 0 Å². The molecule has 0 aliphatic carbocycles. The Morgan fingerprint density at radius 3 is 2.69 bits per heavy atom. The molecule has 0 spiro atoms. The number of rotatable bonds is 6. The second kappa shape index (κ2) is 6.48. The summed E-state index contributed by atoms with van der Waals surface area (Å²) < 4.78 is 12.8. The van der Waals surface area contributed by atoms with Crippen molar-refractivity contribution in [2.45, 2.75) is 32.1 Å². The number of benzene rings is 1. The lowest BCUT2D eigenvalue weighted by Gasteiger charge is -2.02. The lowest BCUT2D eigenvalue weighted by atomic mass is 10.1. The van der Waals surface area contributed by atoms with Gasteiger partial charge < -0.3 is 5.11 Å². The van der Waals surface area contributed by atoms with Gasteiger partial charge in [0.25, 0.3) is 0 Å². The first-order chi connectivity index (χ1) is 7.59. The Kier molecular flexibility index (Phi) is 5.26. The quantitative estimate of drug-likeness (QED) is 0.776. The number of hydrogen-bond acceptors (Lipinski definition) is 1. The van der Waals surface area contributed by atoms with Gasteiger partial charge >= 0.3 is 5.97 Å². The van der Waals surface area contributed by atoms with Gasteiger partial charge in [0.2, 0.25) is 0 Å². The van der Waals surface area contributed by atoms with Crippen LogP contribution < -0.4 is 0 Å². The van der Waals surface area contributed by atoms with E-state index in [2.05, 4.69) is 0 Å². The molecule has 0 radical (unpaired) electrons. The fraction of sp³-hybridized carbons (Fsp3) is 0.417. The lowest BCUT2D eigenvalue weighted by Crippen LogP contribution is -1.94. The van der Waals surface area contributed by atoms with E-state index in [4.69, 9.17) is 16.7 Å². The Labute approximate surface area is 99.0 Å². The molecule has 0 amide bonds. The first-order valence-corrected chi connectivity index (χ1v) is 5.63. The normalized spacial score (nSPS) is 10.4. The van der Waals surface area contributed by atoms with Crippen LogP contribution in [0.2, 0.25) is 5.02 Å². The lowest BCUT2D eigenvalue weighted by molar-refractivity contribution is -0.137. The summed E-state index contributed by atoms with van der Waals surface area (Å²) in [6.07, 6.45) is 3.46. The van der Waals surface area contributed by atoms with Crippen LogP contribution in [-0.4, -0.2) is 11.1 Å². The van der Waals surface area contributed by atoms with Gasteiger partial charge in [0.1, 0.15) is 5.82 Å². The van der Waals surface area contributed by atoms with Crippen LogP contribution in [0.4, 0.5) is 4.39 Å². The molecule has 0 bridgehead atoms. The highest BCUT2D eigenvalue weighted by atomic mass is 35.5. The average Bonchev–Trinajstić information content (AvgIpc) is 2.22. The number of aliphatic carboxylic acids is 1. The summed E-state index contributed by atoms with van der Waals surface area (Å²) >= 11 is 5.64. The molecule has 2 nitrogen and oxygen atoms in total. The minimum atomic E-state index is -0.759. The summed E-state index contributed by atoms with van der Waals surface area (Å²) in [4.78, 5) is 10.3. The Hall–Kier alpha value is -1.09. The zero-order valence-electron chi connectivity index (χ0n) is 8.88. The zero-order valence-corrected chi connectivity index (χ0v) is 9.63. The Balaban J connectivity index is 2.27. The van der Waals surface area contributed by atoms with Gasteiger partial charge in [-0.15, -0.1) is 0 Å². The summed E-state index contributed by atoms with van der Waals surface area (Å²) in [6.45, 7) is 0. The number of halogens is 2. The maximum atomic E-state index is 12.8.